The molecule has 1 aromatic heterocycles. The van der Waals surface area contributed by atoms with E-state index >= 15 is 0 Å². The zero-order chi connectivity index (χ0) is 22.2. The van der Waals surface area contributed by atoms with Crippen LogP contribution in [0.1, 0.15) is 46.4 Å². The van der Waals surface area contributed by atoms with Crippen LogP contribution in [0, 0.1) is 0 Å². The third-order valence-electron chi connectivity index (χ3n) is 6.12. The minimum absolute atomic E-state index is 0.0871. The predicted octanol–water partition coefficient (Wildman–Crippen LogP) is 4.59. The highest BCUT2D eigenvalue weighted by atomic mass is 16.4. The molecule has 0 bridgehead atoms. The Kier molecular flexibility index (Phi) is 4.97. The number of benzene rings is 2. The lowest BCUT2D eigenvalue weighted by atomic mass is 10.1. The molecule has 162 valence electrons. The third-order valence-corrected chi connectivity index (χ3v) is 6.12. The number of amides is 1. The third kappa shape index (κ3) is 3.43. The van der Waals surface area contributed by atoms with Gasteiger partial charge in [0, 0.05) is 18.8 Å². The Morgan fingerprint density at radius 1 is 1.06 bits per heavy atom. The first-order valence-corrected chi connectivity index (χ1v) is 10.7. The van der Waals surface area contributed by atoms with Crippen molar-refractivity contribution in [2.24, 2.45) is 0 Å². The fourth-order valence-corrected chi connectivity index (χ4v) is 4.47. The zero-order valence-electron chi connectivity index (χ0n) is 17.7. The molecule has 0 spiro atoms. The van der Waals surface area contributed by atoms with E-state index in [4.69, 9.17) is 10.1 Å². The highest BCUT2D eigenvalue weighted by Gasteiger charge is 2.35. The summed E-state index contributed by atoms with van der Waals surface area (Å²) in [7, 11) is 1.75. The maximum atomic E-state index is 13.2. The maximum Gasteiger partial charge on any atom is 0.335 e. The van der Waals surface area contributed by atoms with Crippen molar-refractivity contribution in [2.45, 2.75) is 31.7 Å². The second-order valence-electron chi connectivity index (χ2n) is 8.10. The fraction of sp³-hybridized carbons (Fsp3) is 0.250. The molecule has 0 saturated heterocycles. The van der Waals surface area contributed by atoms with Crippen molar-refractivity contribution in [2.75, 3.05) is 22.2 Å². The lowest BCUT2D eigenvalue weighted by molar-refractivity contribution is 0.0696. The second kappa shape index (κ2) is 7.96. The molecule has 8 nitrogen and oxygen atoms in total. The summed E-state index contributed by atoms with van der Waals surface area (Å²) in [5.41, 5.74) is 3.07. The summed E-state index contributed by atoms with van der Waals surface area (Å²) in [4.78, 5) is 37.4. The normalized spacial score (nSPS) is 15.8. The zero-order valence-corrected chi connectivity index (χ0v) is 17.7. The molecule has 5 rings (SSSR count). The Bertz CT molecular complexity index is 1190. The van der Waals surface area contributed by atoms with E-state index in [1.807, 2.05) is 24.3 Å². The van der Waals surface area contributed by atoms with Gasteiger partial charge in [-0.05, 0) is 49.2 Å². The first-order valence-electron chi connectivity index (χ1n) is 10.7. The minimum Gasteiger partial charge on any atom is -0.478 e. The Morgan fingerprint density at radius 3 is 2.50 bits per heavy atom. The van der Waals surface area contributed by atoms with Crippen molar-refractivity contribution in [3.8, 4) is 0 Å². The summed E-state index contributed by atoms with van der Waals surface area (Å²) in [6.45, 7) is 0. The first kappa shape index (κ1) is 20.0. The number of nitrogens with one attached hydrogen (secondary N) is 1. The fourth-order valence-electron chi connectivity index (χ4n) is 4.47. The lowest BCUT2D eigenvalue weighted by Gasteiger charge is -2.31. The molecule has 1 fully saturated rings. The van der Waals surface area contributed by atoms with Gasteiger partial charge in [-0.1, -0.05) is 25.0 Å². The molecular formula is C24H23N5O3. The second-order valence-corrected chi connectivity index (χ2v) is 8.10. The number of aromatic nitrogens is 2. The molecule has 3 aromatic rings. The largest absolute Gasteiger partial charge is 0.478 e. The molecule has 2 N–H and O–H groups in total. The van der Waals surface area contributed by atoms with Crippen LogP contribution in [0.4, 0.5) is 28.8 Å². The van der Waals surface area contributed by atoms with Crippen LogP contribution in [-0.2, 0) is 0 Å². The number of carboxylic acid groups (broad SMARTS) is 1. The topological polar surface area (TPSA) is 98.7 Å². The number of aromatic carboxylic acids is 1. The van der Waals surface area contributed by atoms with Crippen molar-refractivity contribution in [1.82, 2.24) is 9.97 Å². The molecule has 2 heterocycles. The highest BCUT2D eigenvalue weighted by molar-refractivity contribution is 6.13. The van der Waals surface area contributed by atoms with Crippen molar-refractivity contribution < 1.29 is 14.7 Å². The molecule has 1 aliphatic carbocycles. The number of hydrogen-bond acceptors (Lipinski definition) is 6. The average molecular weight is 429 g/mol. The van der Waals surface area contributed by atoms with E-state index in [2.05, 4.69) is 15.2 Å². The van der Waals surface area contributed by atoms with Crippen LogP contribution >= 0.6 is 0 Å². The Balaban J connectivity index is 1.59. The summed E-state index contributed by atoms with van der Waals surface area (Å²) in [6.07, 6.45) is 6.04. The van der Waals surface area contributed by atoms with E-state index in [-0.39, 0.29) is 17.5 Å². The standard InChI is InChI=1S/C24H23N5O3/c1-28-20-14-25-24(26-16-12-10-15(11-13-16)23(31)32)27-21(20)29(17-6-2-3-7-17)19-9-5-4-8-18(19)22(28)30/h4-5,8-14,17H,2-3,6-7H2,1H3,(H,31,32)(H,25,26,27). The van der Waals surface area contributed by atoms with Crippen molar-refractivity contribution >= 4 is 40.7 Å². The van der Waals surface area contributed by atoms with E-state index in [0.717, 1.165) is 31.4 Å². The summed E-state index contributed by atoms with van der Waals surface area (Å²) in [5, 5.41) is 12.3. The number of nitrogens with zero attached hydrogens (tertiary/aromatic N) is 4. The molecule has 2 aliphatic rings. The van der Waals surface area contributed by atoms with E-state index in [1.54, 1.807) is 30.3 Å². The van der Waals surface area contributed by atoms with Gasteiger partial charge in [-0.3, -0.25) is 4.79 Å². The molecule has 0 radical (unpaired) electrons. The van der Waals surface area contributed by atoms with Gasteiger partial charge in [-0.15, -0.1) is 0 Å². The smallest absolute Gasteiger partial charge is 0.335 e. The molecule has 32 heavy (non-hydrogen) atoms. The average Bonchev–Trinajstić information content (AvgIpc) is 3.31. The number of para-hydroxylation sites is 1. The van der Waals surface area contributed by atoms with Gasteiger partial charge in [-0.25, -0.2) is 9.78 Å². The molecule has 1 amide bonds. The Labute approximate surface area is 185 Å². The van der Waals surface area contributed by atoms with Crippen LogP contribution in [0.15, 0.2) is 54.7 Å². The molecule has 8 heteroatoms. The first-order chi connectivity index (χ1) is 15.5. The molecule has 1 aliphatic heterocycles. The van der Waals surface area contributed by atoms with Gasteiger partial charge in [-0.2, -0.15) is 4.98 Å². The lowest BCUT2D eigenvalue weighted by Crippen LogP contribution is -2.30. The van der Waals surface area contributed by atoms with Crippen LogP contribution in [-0.4, -0.2) is 40.0 Å². The Hall–Kier alpha value is -3.94. The SMILES string of the molecule is CN1C(=O)c2ccccc2N(C2CCCC2)c2nc(Nc3ccc(C(=O)O)cc3)ncc21. The molecule has 2 aromatic carbocycles. The monoisotopic (exact) mass is 429 g/mol. The van der Waals surface area contributed by atoms with E-state index in [9.17, 15) is 9.59 Å². The summed E-state index contributed by atoms with van der Waals surface area (Å²) in [5.74, 6) is 0.0136. The molecule has 0 atom stereocenters. The van der Waals surface area contributed by atoms with Gasteiger partial charge in [0.2, 0.25) is 5.95 Å². The van der Waals surface area contributed by atoms with Crippen molar-refractivity contribution in [1.29, 1.82) is 0 Å². The summed E-state index contributed by atoms with van der Waals surface area (Å²) < 4.78 is 0. The predicted molar refractivity (Wildman–Crippen MR) is 122 cm³/mol. The van der Waals surface area contributed by atoms with Gasteiger partial charge in [0.15, 0.2) is 5.82 Å². The number of hydrogen-bond donors (Lipinski definition) is 2. The van der Waals surface area contributed by atoms with Crippen LogP contribution in [0.25, 0.3) is 0 Å². The van der Waals surface area contributed by atoms with Gasteiger partial charge in [0.05, 0.1) is 23.0 Å². The van der Waals surface area contributed by atoms with Gasteiger partial charge in [0.25, 0.3) is 5.91 Å². The van der Waals surface area contributed by atoms with Crippen LogP contribution < -0.4 is 15.1 Å². The van der Waals surface area contributed by atoms with E-state index < -0.39 is 5.97 Å². The van der Waals surface area contributed by atoms with Crippen LogP contribution in [0.2, 0.25) is 0 Å². The summed E-state index contributed by atoms with van der Waals surface area (Å²) in [6, 6.07) is 14.3. The molecule has 1 saturated carbocycles. The Morgan fingerprint density at radius 2 is 1.78 bits per heavy atom. The highest BCUT2D eigenvalue weighted by Crippen LogP contribution is 2.43. The maximum absolute atomic E-state index is 13.2. The van der Waals surface area contributed by atoms with Gasteiger partial charge in [0.1, 0.15) is 5.69 Å². The van der Waals surface area contributed by atoms with Crippen LogP contribution in [0.5, 0.6) is 0 Å². The van der Waals surface area contributed by atoms with Crippen molar-refractivity contribution in [3.63, 3.8) is 0 Å². The number of carbonyl (C=O) groups excluding carboxylic acids is 1. The molecule has 0 unspecified atom stereocenters. The van der Waals surface area contributed by atoms with Crippen LogP contribution in [0.3, 0.4) is 0 Å². The van der Waals surface area contributed by atoms with Crippen molar-refractivity contribution in [3.05, 3.63) is 65.9 Å². The number of fused-ring (bicyclic) bond motifs is 2. The number of anilines is 5. The van der Waals surface area contributed by atoms with Gasteiger partial charge < -0.3 is 20.2 Å². The number of carbonyl (C=O) groups is 2. The summed E-state index contributed by atoms with van der Waals surface area (Å²) >= 11 is 0. The minimum atomic E-state index is -0.976. The molecular weight excluding hydrogens is 406 g/mol. The van der Waals surface area contributed by atoms with E-state index in [0.29, 0.717) is 28.7 Å². The van der Waals surface area contributed by atoms with E-state index in [1.165, 1.54) is 12.1 Å². The van der Waals surface area contributed by atoms with Gasteiger partial charge >= 0.3 is 5.97 Å². The quantitative estimate of drug-likeness (QED) is 0.626. The number of rotatable bonds is 4. The number of carboxylic acids is 1.